The molecule has 10 nitrogen and oxygen atoms in total. The Hall–Kier alpha value is -4.20. The topological polar surface area (TPSA) is 141 Å². The Labute approximate surface area is 232 Å². The fourth-order valence-corrected chi connectivity index (χ4v) is 6.12. The van der Waals surface area contributed by atoms with Gasteiger partial charge in [0.1, 0.15) is 23.2 Å². The van der Waals surface area contributed by atoms with Crippen molar-refractivity contribution in [3.05, 3.63) is 71.7 Å². The maximum Gasteiger partial charge on any atom is 0.335 e. The van der Waals surface area contributed by atoms with E-state index in [9.17, 15) is 22.7 Å². The van der Waals surface area contributed by atoms with Gasteiger partial charge in [-0.3, -0.25) is 0 Å². The third-order valence-electron chi connectivity index (χ3n) is 5.84. The molecule has 0 spiro atoms. The number of aryl methyl sites for hydroxylation is 1. The third kappa shape index (κ3) is 5.71. The first-order chi connectivity index (χ1) is 19.1. The van der Waals surface area contributed by atoms with Crippen molar-refractivity contribution in [2.24, 2.45) is 0 Å². The Morgan fingerprint density at radius 1 is 1.07 bits per heavy atom. The lowest BCUT2D eigenvalue weighted by Gasteiger charge is -2.09. The molecule has 13 heteroatoms. The van der Waals surface area contributed by atoms with Gasteiger partial charge in [0.05, 0.1) is 44.5 Å². The summed E-state index contributed by atoms with van der Waals surface area (Å²) in [5.74, 6) is -0.808. The molecule has 2 N–H and O–H groups in total. The van der Waals surface area contributed by atoms with Gasteiger partial charge in [-0.15, -0.1) is 11.3 Å². The predicted molar refractivity (Wildman–Crippen MR) is 148 cm³/mol. The number of hydrogen-bond acceptors (Lipinski definition) is 9. The second-order valence-corrected chi connectivity index (χ2v) is 11.4. The van der Waals surface area contributed by atoms with Gasteiger partial charge in [-0.05, 0) is 67.9 Å². The SMILES string of the molecule is CCOc1cnc2c(-c3nc4c(C)cc(OCCNS(=O)(=O)c5ccc(F)cc5)cc4s3)cc(C(=O)O)cc2n1. The molecule has 0 unspecified atom stereocenters. The number of carboxylic acid groups (broad SMARTS) is 1. The van der Waals surface area contributed by atoms with Crippen molar-refractivity contribution in [1.29, 1.82) is 0 Å². The van der Waals surface area contributed by atoms with Crippen LogP contribution >= 0.6 is 11.3 Å². The number of ether oxygens (including phenoxy) is 2. The number of aromatic carboxylic acids is 1. The first kappa shape index (κ1) is 27.4. The standard InChI is InChI=1S/C27H23FN4O6S2/c1-3-37-23-14-29-25-20(11-16(27(33)34)12-21(25)31-23)26-32-24-15(2)10-18(13-22(24)39-26)38-9-8-30-40(35,36)19-6-4-17(28)5-7-19/h4-7,10-14,30H,3,8-9H2,1-2H3,(H,33,34). The number of carbonyl (C=O) groups is 1. The lowest BCUT2D eigenvalue weighted by Crippen LogP contribution is -2.28. The minimum absolute atomic E-state index is 0.00110. The van der Waals surface area contributed by atoms with Crippen LogP contribution in [0.3, 0.4) is 0 Å². The number of aromatic nitrogens is 3. The molecule has 0 radical (unpaired) electrons. The van der Waals surface area contributed by atoms with Crippen LogP contribution in [0.2, 0.25) is 0 Å². The summed E-state index contributed by atoms with van der Waals surface area (Å²) < 4.78 is 52.3. The van der Waals surface area contributed by atoms with E-state index in [0.29, 0.717) is 39.8 Å². The van der Waals surface area contributed by atoms with Gasteiger partial charge in [-0.2, -0.15) is 0 Å². The number of rotatable bonds is 10. The smallest absolute Gasteiger partial charge is 0.335 e. The molecule has 206 valence electrons. The molecule has 0 aliphatic heterocycles. The van der Waals surface area contributed by atoms with Crippen molar-refractivity contribution in [1.82, 2.24) is 19.7 Å². The molecule has 0 aliphatic rings. The maximum absolute atomic E-state index is 13.1. The molecular weight excluding hydrogens is 559 g/mol. The van der Waals surface area contributed by atoms with Gasteiger partial charge in [0.2, 0.25) is 15.9 Å². The zero-order valence-corrected chi connectivity index (χ0v) is 23.0. The van der Waals surface area contributed by atoms with Crippen LogP contribution in [0.1, 0.15) is 22.8 Å². The number of halogens is 1. The van der Waals surface area contributed by atoms with Crippen molar-refractivity contribution in [2.75, 3.05) is 19.8 Å². The van der Waals surface area contributed by atoms with Gasteiger partial charge in [-0.25, -0.2) is 37.3 Å². The molecule has 0 atom stereocenters. The Balaban J connectivity index is 1.39. The number of benzene rings is 3. The van der Waals surface area contributed by atoms with Gasteiger partial charge in [-0.1, -0.05) is 0 Å². The monoisotopic (exact) mass is 582 g/mol. The number of sulfonamides is 1. The summed E-state index contributed by atoms with van der Waals surface area (Å²) in [6, 6.07) is 11.1. The molecular formula is C27H23FN4O6S2. The molecule has 0 saturated heterocycles. The van der Waals surface area contributed by atoms with E-state index in [2.05, 4.69) is 14.7 Å². The highest BCUT2D eigenvalue weighted by molar-refractivity contribution is 7.89. The van der Waals surface area contributed by atoms with Crippen molar-refractivity contribution in [3.8, 4) is 22.2 Å². The summed E-state index contributed by atoms with van der Waals surface area (Å²) in [5, 5.41) is 10.2. The summed E-state index contributed by atoms with van der Waals surface area (Å²) in [6.07, 6.45) is 1.49. The van der Waals surface area contributed by atoms with Gasteiger partial charge < -0.3 is 14.6 Å². The molecule has 5 aromatic rings. The van der Waals surface area contributed by atoms with Crippen molar-refractivity contribution in [2.45, 2.75) is 18.7 Å². The van der Waals surface area contributed by atoms with Crippen LogP contribution in [0.5, 0.6) is 11.6 Å². The van der Waals surface area contributed by atoms with E-state index in [1.165, 1.54) is 41.8 Å². The average Bonchev–Trinajstić information content (AvgIpc) is 3.35. The number of thiazole rings is 1. The maximum atomic E-state index is 13.1. The molecule has 0 saturated carbocycles. The highest BCUT2D eigenvalue weighted by atomic mass is 32.2. The number of nitrogens with zero attached hydrogens (tertiary/aromatic N) is 3. The number of hydrogen-bond donors (Lipinski definition) is 2. The van der Waals surface area contributed by atoms with Crippen LogP contribution in [0, 0.1) is 12.7 Å². The van der Waals surface area contributed by atoms with Gasteiger partial charge >= 0.3 is 5.97 Å². The molecule has 3 aromatic carbocycles. The predicted octanol–water partition coefficient (Wildman–Crippen LogP) is 4.81. The highest BCUT2D eigenvalue weighted by Gasteiger charge is 2.18. The van der Waals surface area contributed by atoms with Crippen molar-refractivity contribution < 1.29 is 32.2 Å². The fraction of sp³-hybridized carbons (Fsp3) is 0.185. The summed E-state index contributed by atoms with van der Waals surface area (Å²) in [7, 11) is -3.80. The molecule has 0 amide bonds. The first-order valence-electron chi connectivity index (χ1n) is 12.1. The Morgan fingerprint density at radius 2 is 1.85 bits per heavy atom. The first-order valence-corrected chi connectivity index (χ1v) is 14.4. The highest BCUT2D eigenvalue weighted by Crippen LogP contribution is 2.37. The van der Waals surface area contributed by atoms with Gasteiger partial charge in [0.15, 0.2) is 0 Å². The van der Waals surface area contributed by atoms with Gasteiger partial charge in [0, 0.05) is 12.1 Å². The summed E-state index contributed by atoms with van der Waals surface area (Å²) in [4.78, 5) is 25.4. The van der Waals surface area contributed by atoms with E-state index < -0.39 is 21.8 Å². The zero-order chi connectivity index (χ0) is 28.4. The van der Waals surface area contributed by atoms with Crippen LogP contribution < -0.4 is 14.2 Å². The number of fused-ring (bicyclic) bond motifs is 2. The van der Waals surface area contributed by atoms with E-state index >= 15 is 0 Å². The van der Waals surface area contributed by atoms with Crippen LogP contribution in [-0.4, -0.2) is 54.2 Å². The van der Waals surface area contributed by atoms with Crippen LogP contribution in [-0.2, 0) is 10.0 Å². The van der Waals surface area contributed by atoms with E-state index in [0.717, 1.165) is 27.9 Å². The van der Waals surface area contributed by atoms with E-state index in [-0.39, 0.29) is 23.6 Å². The quantitative estimate of drug-likeness (QED) is 0.222. The largest absolute Gasteiger partial charge is 0.492 e. The van der Waals surface area contributed by atoms with Crippen LogP contribution in [0.4, 0.5) is 4.39 Å². The normalized spacial score (nSPS) is 11.7. The van der Waals surface area contributed by atoms with E-state index in [1.54, 1.807) is 12.1 Å². The van der Waals surface area contributed by atoms with Crippen molar-refractivity contribution in [3.63, 3.8) is 0 Å². The van der Waals surface area contributed by atoms with Crippen LogP contribution in [0.15, 0.2) is 59.6 Å². The number of nitrogens with one attached hydrogen (secondary N) is 1. The summed E-state index contributed by atoms with van der Waals surface area (Å²) >= 11 is 1.35. The summed E-state index contributed by atoms with van der Waals surface area (Å²) in [5.41, 5.74) is 3.00. The molecule has 2 heterocycles. The number of carboxylic acids is 1. The molecule has 40 heavy (non-hydrogen) atoms. The molecule has 0 fully saturated rings. The Morgan fingerprint density at radius 3 is 2.58 bits per heavy atom. The van der Waals surface area contributed by atoms with E-state index in [1.807, 2.05) is 13.8 Å². The van der Waals surface area contributed by atoms with Crippen LogP contribution in [0.25, 0.3) is 31.8 Å². The lowest BCUT2D eigenvalue weighted by molar-refractivity contribution is 0.0697. The molecule has 2 aromatic heterocycles. The van der Waals surface area contributed by atoms with Gasteiger partial charge in [0.25, 0.3) is 0 Å². The zero-order valence-electron chi connectivity index (χ0n) is 21.3. The second kappa shape index (κ2) is 11.1. The van der Waals surface area contributed by atoms with Crippen molar-refractivity contribution >= 4 is 48.6 Å². The minimum atomic E-state index is -3.80. The average molecular weight is 583 g/mol. The molecule has 0 bridgehead atoms. The summed E-state index contributed by atoms with van der Waals surface area (Å²) in [6.45, 7) is 4.14. The molecule has 0 aliphatic carbocycles. The lowest BCUT2D eigenvalue weighted by atomic mass is 10.1. The third-order valence-corrected chi connectivity index (χ3v) is 8.35. The second-order valence-electron chi connectivity index (χ2n) is 8.64. The fourth-order valence-electron chi connectivity index (χ4n) is 4.02. The minimum Gasteiger partial charge on any atom is -0.492 e. The molecule has 5 rings (SSSR count). The Kier molecular flexibility index (Phi) is 7.61. The Bertz CT molecular complexity index is 1840. The van der Waals surface area contributed by atoms with E-state index in [4.69, 9.17) is 14.5 Å².